The summed E-state index contributed by atoms with van der Waals surface area (Å²) >= 11 is 0. The second kappa shape index (κ2) is 4.45. The minimum Gasteiger partial charge on any atom is -0.444 e. The van der Waals surface area contributed by atoms with Crippen molar-refractivity contribution in [2.75, 3.05) is 5.32 Å². The predicted molar refractivity (Wildman–Crippen MR) is 57.5 cm³/mol. The summed E-state index contributed by atoms with van der Waals surface area (Å²) in [4.78, 5) is 7.94. The highest BCUT2D eigenvalue weighted by molar-refractivity contribution is 5.45. The lowest BCUT2D eigenvalue weighted by Crippen LogP contribution is -2.00. The zero-order valence-corrected chi connectivity index (χ0v) is 8.77. The van der Waals surface area contributed by atoms with Crippen molar-refractivity contribution in [3.63, 3.8) is 0 Å². The van der Waals surface area contributed by atoms with E-state index in [1.807, 2.05) is 13.0 Å². The van der Waals surface area contributed by atoms with E-state index in [4.69, 9.17) is 9.68 Å². The quantitative estimate of drug-likeness (QED) is 0.844. The highest BCUT2D eigenvalue weighted by Gasteiger charge is 2.00. The van der Waals surface area contributed by atoms with E-state index in [-0.39, 0.29) is 0 Å². The van der Waals surface area contributed by atoms with Gasteiger partial charge in [-0.2, -0.15) is 5.26 Å². The molecule has 0 aromatic carbocycles. The molecule has 5 heteroatoms. The molecule has 0 amide bonds. The number of rotatable bonds is 3. The van der Waals surface area contributed by atoms with Crippen LogP contribution in [0.4, 0.5) is 5.69 Å². The fraction of sp³-hybridized carbons (Fsp3) is 0.182. The van der Waals surface area contributed by atoms with Gasteiger partial charge in [0.2, 0.25) is 5.89 Å². The smallest absolute Gasteiger partial charge is 0.213 e. The average Bonchev–Trinajstić information content (AvgIpc) is 2.73. The molecule has 0 aliphatic carbocycles. The Morgan fingerprint density at radius 1 is 1.50 bits per heavy atom. The van der Waals surface area contributed by atoms with Crippen LogP contribution in [0, 0.1) is 18.3 Å². The Labute approximate surface area is 92.8 Å². The number of nitrogens with zero attached hydrogens (tertiary/aromatic N) is 3. The van der Waals surface area contributed by atoms with Gasteiger partial charge in [0.15, 0.2) is 0 Å². The molecule has 2 aromatic heterocycles. The van der Waals surface area contributed by atoms with Crippen LogP contribution in [0.25, 0.3) is 0 Å². The van der Waals surface area contributed by atoms with Crippen molar-refractivity contribution in [1.29, 1.82) is 5.26 Å². The van der Waals surface area contributed by atoms with Crippen LogP contribution in [-0.2, 0) is 6.54 Å². The number of nitriles is 1. The fourth-order valence-corrected chi connectivity index (χ4v) is 1.26. The van der Waals surface area contributed by atoms with Crippen molar-refractivity contribution in [3.8, 4) is 6.07 Å². The molecule has 2 aromatic rings. The van der Waals surface area contributed by atoms with E-state index < -0.39 is 0 Å². The average molecular weight is 214 g/mol. The van der Waals surface area contributed by atoms with Gasteiger partial charge in [-0.1, -0.05) is 0 Å². The molecule has 0 saturated carbocycles. The van der Waals surface area contributed by atoms with Crippen molar-refractivity contribution in [1.82, 2.24) is 9.97 Å². The second-order valence-corrected chi connectivity index (χ2v) is 3.26. The van der Waals surface area contributed by atoms with Gasteiger partial charge in [0.1, 0.15) is 17.5 Å². The summed E-state index contributed by atoms with van der Waals surface area (Å²) in [6, 6.07) is 5.44. The molecule has 0 aliphatic heterocycles. The SMILES string of the molecule is Cc1cnc(CNc2ccnc(C#N)c2)o1. The number of hydrogen-bond donors (Lipinski definition) is 1. The maximum absolute atomic E-state index is 8.68. The van der Waals surface area contributed by atoms with Gasteiger partial charge in [0.05, 0.1) is 12.7 Å². The molecular weight excluding hydrogens is 204 g/mol. The summed E-state index contributed by atoms with van der Waals surface area (Å²) in [5.74, 6) is 1.40. The van der Waals surface area contributed by atoms with Crippen molar-refractivity contribution < 1.29 is 4.42 Å². The lowest BCUT2D eigenvalue weighted by Gasteiger charge is -2.02. The molecule has 2 heterocycles. The van der Waals surface area contributed by atoms with Gasteiger partial charge < -0.3 is 9.73 Å². The first kappa shape index (κ1) is 10.2. The van der Waals surface area contributed by atoms with E-state index in [1.54, 1.807) is 24.5 Å². The summed E-state index contributed by atoms with van der Waals surface area (Å²) in [5, 5.41) is 11.8. The Balaban J connectivity index is 2.02. The normalized spacial score (nSPS) is 9.75. The van der Waals surface area contributed by atoms with Gasteiger partial charge in [-0.15, -0.1) is 0 Å². The number of aromatic nitrogens is 2. The topological polar surface area (TPSA) is 74.7 Å². The Bertz CT molecular complexity index is 527. The fourth-order valence-electron chi connectivity index (χ4n) is 1.26. The van der Waals surface area contributed by atoms with Gasteiger partial charge in [0.25, 0.3) is 0 Å². The maximum atomic E-state index is 8.68. The molecule has 0 spiro atoms. The Morgan fingerprint density at radius 3 is 3.06 bits per heavy atom. The van der Waals surface area contributed by atoms with Gasteiger partial charge >= 0.3 is 0 Å². The van der Waals surface area contributed by atoms with Crippen LogP contribution in [0.2, 0.25) is 0 Å². The van der Waals surface area contributed by atoms with E-state index >= 15 is 0 Å². The van der Waals surface area contributed by atoms with E-state index in [0.717, 1.165) is 11.4 Å². The first-order valence-corrected chi connectivity index (χ1v) is 4.79. The molecule has 0 bridgehead atoms. The second-order valence-electron chi connectivity index (χ2n) is 3.26. The van der Waals surface area contributed by atoms with Crippen LogP contribution in [0.5, 0.6) is 0 Å². The molecule has 0 fully saturated rings. The number of nitrogens with one attached hydrogen (secondary N) is 1. The summed E-state index contributed by atoms with van der Waals surface area (Å²) in [7, 11) is 0. The molecule has 0 atom stereocenters. The predicted octanol–water partition coefficient (Wildman–Crippen LogP) is 1.86. The van der Waals surface area contributed by atoms with Gasteiger partial charge in [-0.05, 0) is 19.1 Å². The van der Waals surface area contributed by atoms with Crippen molar-refractivity contribution >= 4 is 5.69 Å². The first-order chi connectivity index (χ1) is 7.78. The lowest BCUT2D eigenvalue weighted by molar-refractivity contribution is 0.479. The largest absolute Gasteiger partial charge is 0.444 e. The number of hydrogen-bond acceptors (Lipinski definition) is 5. The lowest BCUT2D eigenvalue weighted by atomic mass is 10.3. The molecule has 5 nitrogen and oxygen atoms in total. The molecule has 0 aliphatic rings. The summed E-state index contributed by atoms with van der Waals surface area (Å²) < 4.78 is 5.31. The third kappa shape index (κ3) is 2.36. The molecule has 2 rings (SSSR count). The Kier molecular flexibility index (Phi) is 2.83. The van der Waals surface area contributed by atoms with Gasteiger partial charge in [0, 0.05) is 11.9 Å². The van der Waals surface area contributed by atoms with Crippen LogP contribution in [0.1, 0.15) is 17.3 Å². The van der Waals surface area contributed by atoms with Crippen molar-refractivity contribution in [2.24, 2.45) is 0 Å². The van der Waals surface area contributed by atoms with Crippen molar-refractivity contribution in [2.45, 2.75) is 13.5 Å². The van der Waals surface area contributed by atoms with E-state index in [2.05, 4.69) is 15.3 Å². The number of aryl methyl sites for hydroxylation is 1. The highest BCUT2D eigenvalue weighted by atomic mass is 16.4. The van der Waals surface area contributed by atoms with Crippen molar-refractivity contribution in [3.05, 3.63) is 41.9 Å². The molecular formula is C11H10N4O. The van der Waals surface area contributed by atoms with Crippen LogP contribution in [-0.4, -0.2) is 9.97 Å². The Hall–Kier alpha value is -2.35. The van der Waals surface area contributed by atoms with Crippen LogP contribution in [0.3, 0.4) is 0 Å². The minimum absolute atomic E-state index is 0.383. The third-order valence-electron chi connectivity index (χ3n) is 1.99. The van der Waals surface area contributed by atoms with E-state index in [1.165, 1.54) is 0 Å². The zero-order chi connectivity index (χ0) is 11.4. The minimum atomic E-state index is 0.383. The number of pyridine rings is 1. The summed E-state index contributed by atoms with van der Waals surface area (Å²) in [6.07, 6.45) is 3.26. The van der Waals surface area contributed by atoms with Crippen LogP contribution in [0.15, 0.2) is 28.9 Å². The zero-order valence-electron chi connectivity index (χ0n) is 8.77. The molecule has 1 N–H and O–H groups in total. The van der Waals surface area contributed by atoms with Gasteiger partial charge in [-0.25, -0.2) is 9.97 Å². The number of oxazole rings is 1. The molecule has 80 valence electrons. The third-order valence-corrected chi connectivity index (χ3v) is 1.99. The van der Waals surface area contributed by atoms with Crippen LogP contribution >= 0.6 is 0 Å². The number of anilines is 1. The summed E-state index contributed by atoms with van der Waals surface area (Å²) in [5.41, 5.74) is 1.20. The maximum Gasteiger partial charge on any atom is 0.213 e. The molecule has 0 radical (unpaired) electrons. The molecule has 0 unspecified atom stereocenters. The van der Waals surface area contributed by atoms with E-state index in [9.17, 15) is 0 Å². The molecule has 16 heavy (non-hydrogen) atoms. The highest BCUT2D eigenvalue weighted by Crippen LogP contribution is 2.09. The first-order valence-electron chi connectivity index (χ1n) is 4.79. The summed E-state index contributed by atoms with van der Waals surface area (Å²) in [6.45, 7) is 2.33. The van der Waals surface area contributed by atoms with E-state index in [0.29, 0.717) is 18.1 Å². The van der Waals surface area contributed by atoms with Gasteiger partial charge in [-0.3, -0.25) is 0 Å². The standard InChI is InChI=1S/C11H10N4O/c1-8-6-15-11(16-8)7-14-9-2-3-13-10(4-9)5-12/h2-4,6H,7H2,1H3,(H,13,14). The molecule has 0 saturated heterocycles. The Morgan fingerprint density at radius 2 is 2.38 bits per heavy atom. The van der Waals surface area contributed by atoms with Crippen LogP contribution < -0.4 is 5.32 Å². The monoisotopic (exact) mass is 214 g/mol.